The topological polar surface area (TPSA) is 36.3 Å². The SMILES string of the molecule is N#CCCN1CCc2cc(OCCc3ccccc3)ccc21. The van der Waals surface area contributed by atoms with Crippen molar-refractivity contribution in [3.8, 4) is 11.8 Å². The smallest absolute Gasteiger partial charge is 0.119 e. The molecule has 0 aromatic heterocycles. The van der Waals surface area contributed by atoms with Gasteiger partial charge in [0.25, 0.3) is 0 Å². The molecule has 112 valence electrons. The molecular weight excluding hydrogens is 272 g/mol. The quantitative estimate of drug-likeness (QED) is 0.816. The number of ether oxygens (including phenoxy) is 1. The van der Waals surface area contributed by atoms with Crippen molar-refractivity contribution in [3.63, 3.8) is 0 Å². The Bertz CT molecular complexity index is 661. The minimum absolute atomic E-state index is 0.578. The molecule has 0 N–H and O–H groups in total. The summed E-state index contributed by atoms with van der Waals surface area (Å²) in [6.45, 7) is 2.52. The van der Waals surface area contributed by atoms with E-state index >= 15 is 0 Å². The van der Waals surface area contributed by atoms with Crippen LogP contribution in [0.5, 0.6) is 5.75 Å². The fraction of sp³-hybridized carbons (Fsp3) is 0.316. The Morgan fingerprint density at radius 3 is 2.82 bits per heavy atom. The molecule has 0 bridgehead atoms. The van der Waals surface area contributed by atoms with Gasteiger partial charge in [0.2, 0.25) is 0 Å². The predicted octanol–water partition coefficient (Wildman–Crippen LogP) is 3.58. The third-order valence-corrected chi connectivity index (χ3v) is 4.04. The van der Waals surface area contributed by atoms with Gasteiger partial charge in [0.05, 0.1) is 19.1 Å². The Labute approximate surface area is 131 Å². The van der Waals surface area contributed by atoms with Crippen LogP contribution in [0.2, 0.25) is 0 Å². The van der Waals surface area contributed by atoms with E-state index in [1.807, 2.05) is 12.1 Å². The summed E-state index contributed by atoms with van der Waals surface area (Å²) in [5.41, 5.74) is 3.88. The van der Waals surface area contributed by atoms with E-state index in [-0.39, 0.29) is 0 Å². The van der Waals surface area contributed by atoms with Crippen molar-refractivity contribution in [2.45, 2.75) is 19.3 Å². The van der Waals surface area contributed by atoms with Gasteiger partial charge in [-0.2, -0.15) is 5.26 Å². The van der Waals surface area contributed by atoms with Gasteiger partial charge in [-0.3, -0.25) is 0 Å². The zero-order chi connectivity index (χ0) is 15.2. The van der Waals surface area contributed by atoms with E-state index in [0.717, 1.165) is 31.7 Å². The summed E-state index contributed by atoms with van der Waals surface area (Å²) in [6.07, 6.45) is 2.54. The number of hydrogen-bond acceptors (Lipinski definition) is 3. The highest BCUT2D eigenvalue weighted by molar-refractivity contribution is 5.60. The third-order valence-electron chi connectivity index (χ3n) is 4.04. The molecule has 0 atom stereocenters. The minimum Gasteiger partial charge on any atom is -0.493 e. The summed E-state index contributed by atoms with van der Waals surface area (Å²) in [5, 5.41) is 8.71. The highest BCUT2D eigenvalue weighted by Crippen LogP contribution is 2.31. The first kappa shape index (κ1) is 14.5. The number of rotatable bonds is 6. The summed E-state index contributed by atoms with van der Waals surface area (Å²) in [4.78, 5) is 2.28. The van der Waals surface area contributed by atoms with E-state index in [1.54, 1.807) is 0 Å². The Hall–Kier alpha value is -2.47. The van der Waals surface area contributed by atoms with Crippen molar-refractivity contribution >= 4 is 5.69 Å². The minimum atomic E-state index is 0.578. The molecule has 0 saturated heterocycles. The van der Waals surface area contributed by atoms with Crippen molar-refractivity contribution < 1.29 is 4.74 Å². The van der Waals surface area contributed by atoms with E-state index in [2.05, 4.69) is 47.4 Å². The number of nitriles is 1. The first-order valence-electron chi connectivity index (χ1n) is 7.78. The van der Waals surface area contributed by atoms with Gasteiger partial charge in [0.1, 0.15) is 5.75 Å². The molecule has 3 rings (SSSR count). The lowest BCUT2D eigenvalue weighted by Gasteiger charge is -2.17. The molecular formula is C19H20N2O. The molecule has 0 radical (unpaired) electrons. The van der Waals surface area contributed by atoms with E-state index in [9.17, 15) is 0 Å². The zero-order valence-corrected chi connectivity index (χ0v) is 12.7. The van der Waals surface area contributed by atoms with Crippen LogP contribution in [-0.4, -0.2) is 19.7 Å². The number of fused-ring (bicyclic) bond motifs is 1. The average Bonchev–Trinajstić information content (AvgIpc) is 2.96. The largest absolute Gasteiger partial charge is 0.493 e. The molecule has 1 heterocycles. The fourth-order valence-electron chi connectivity index (χ4n) is 2.88. The predicted molar refractivity (Wildman–Crippen MR) is 88.2 cm³/mol. The van der Waals surface area contributed by atoms with Crippen molar-refractivity contribution in [2.24, 2.45) is 0 Å². The first-order chi connectivity index (χ1) is 10.9. The maximum atomic E-state index is 8.71. The lowest BCUT2D eigenvalue weighted by Crippen LogP contribution is -2.21. The summed E-state index contributed by atoms with van der Waals surface area (Å²) in [6, 6.07) is 18.9. The molecule has 2 aromatic rings. The number of anilines is 1. The van der Waals surface area contributed by atoms with Gasteiger partial charge in [-0.1, -0.05) is 30.3 Å². The molecule has 0 spiro atoms. The van der Waals surface area contributed by atoms with Crippen LogP contribution in [0, 0.1) is 11.3 Å². The first-order valence-corrected chi connectivity index (χ1v) is 7.78. The van der Waals surface area contributed by atoms with E-state index in [4.69, 9.17) is 10.00 Å². The summed E-state index contributed by atoms with van der Waals surface area (Å²) in [5.74, 6) is 0.941. The molecule has 1 aliphatic rings. The third kappa shape index (κ3) is 3.40. The summed E-state index contributed by atoms with van der Waals surface area (Å²) in [7, 11) is 0. The molecule has 2 aromatic carbocycles. The van der Waals surface area contributed by atoms with Gasteiger partial charge >= 0.3 is 0 Å². The zero-order valence-electron chi connectivity index (χ0n) is 12.7. The lowest BCUT2D eigenvalue weighted by atomic mass is 10.1. The molecule has 0 fully saturated rings. The Kier molecular flexibility index (Phi) is 4.60. The highest BCUT2D eigenvalue weighted by Gasteiger charge is 2.18. The van der Waals surface area contributed by atoms with Crippen LogP contribution in [0.25, 0.3) is 0 Å². The Morgan fingerprint density at radius 2 is 2.00 bits per heavy atom. The van der Waals surface area contributed by atoms with Crippen LogP contribution >= 0.6 is 0 Å². The van der Waals surface area contributed by atoms with Gasteiger partial charge in [-0.15, -0.1) is 0 Å². The lowest BCUT2D eigenvalue weighted by molar-refractivity contribution is 0.322. The maximum absolute atomic E-state index is 8.71. The molecule has 3 nitrogen and oxygen atoms in total. The fourth-order valence-corrected chi connectivity index (χ4v) is 2.88. The summed E-state index contributed by atoms with van der Waals surface area (Å²) < 4.78 is 5.88. The molecule has 0 amide bonds. The monoisotopic (exact) mass is 292 g/mol. The van der Waals surface area contributed by atoms with E-state index in [1.165, 1.54) is 16.8 Å². The number of benzene rings is 2. The van der Waals surface area contributed by atoms with Crippen molar-refractivity contribution in [1.29, 1.82) is 5.26 Å². The average molecular weight is 292 g/mol. The highest BCUT2D eigenvalue weighted by atomic mass is 16.5. The van der Waals surface area contributed by atoms with Gasteiger partial charge in [0.15, 0.2) is 0 Å². The summed E-state index contributed by atoms with van der Waals surface area (Å²) >= 11 is 0. The molecule has 0 aliphatic carbocycles. The van der Waals surface area contributed by atoms with Gasteiger partial charge in [0, 0.05) is 25.2 Å². The molecule has 0 unspecified atom stereocenters. The van der Waals surface area contributed by atoms with Crippen LogP contribution in [-0.2, 0) is 12.8 Å². The maximum Gasteiger partial charge on any atom is 0.119 e. The number of nitrogens with zero attached hydrogens (tertiary/aromatic N) is 2. The molecule has 22 heavy (non-hydrogen) atoms. The van der Waals surface area contributed by atoms with Crippen molar-refractivity contribution in [1.82, 2.24) is 0 Å². The van der Waals surface area contributed by atoms with Crippen LogP contribution in [0.1, 0.15) is 17.5 Å². The van der Waals surface area contributed by atoms with Gasteiger partial charge in [-0.25, -0.2) is 0 Å². The van der Waals surface area contributed by atoms with Crippen LogP contribution in [0.15, 0.2) is 48.5 Å². The second-order valence-corrected chi connectivity index (χ2v) is 5.52. The Balaban J connectivity index is 1.57. The second-order valence-electron chi connectivity index (χ2n) is 5.52. The molecule has 0 saturated carbocycles. The Morgan fingerprint density at radius 1 is 1.14 bits per heavy atom. The molecule has 3 heteroatoms. The van der Waals surface area contributed by atoms with Gasteiger partial charge in [-0.05, 0) is 35.7 Å². The van der Waals surface area contributed by atoms with E-state index < -0.39 is 0 Å². The van der Waals surface area contributed by atoms with Crippen LogP contribution in [0.4, 0.5) is 5.69 Å². The van der Waals surface area contributed by atoms with Crippen LogP contribution in [0.3, 0.4) is 0 Å². The number of hydrogen-bond donors (Lipinski definition) is 0. The van der Waals surface area contributed by atoms with Crippen LogP contribution < -0.4 is 9.64 Å². The second kappa shape index (κ2) is 7.00. The van der Waals surface area contributed by atoms with Gasteiger partial charge < -0.3 is 9.64 Å². The standard InChI is InChI=1S/C19H20N2O/c20-11-4-12-21-13-9-17-15-18(7-8-19(17)21)22-14-10-16-5-2-1-3-6-16/h1-3,5-8,15H,4,9-10,12-14H2. The normalized spacial score (nSPS) is 12.8. The molecule has 1 aliphatic heterocycles. The van der Waals surface area contributed by atoms with Crippen molar-refractivity contribution in [3.05, 3.63) is 59.7 Å². The van der Waals surface area contributed by atoms with E-state index in [0.29, 0.717) is 13.0 Å². The van der Waals surface area contributed by atoms with Crippen molar-refractivity contribution in [2.75, 3.05) is 24.6 Å².